The van der Waals surface area contributed by atoms with E-state index in [1.165, 1.54) is 0 Å². The molecular weight excluding hydrogens is 240 g/mol. The van der Waals surface area contributed by atoms with Gasteiger partial charge in [0, 0.05) is 63.9 Å². The molecule has 0 radical (unpaired) electrons. The molecule has 0 aliphatic carbocycles. The minimum Gasteiger partial charge on any atom is -0.327 e. The van der Waals surface area contributed by atoms with E-state index in [2.05, 4.69) is 28.2 Å². The predicted molar refractivity (Wildman–Crippen MR) is 83.4 cm³/mol. The molecule has 0 rings (SSSR count). The quantitative estimate of drug-likeness (QED) is 0.227. The lowest BCUT2D eigenvalue weighted by molar-refractivity contribution is 0.478. The monoisotopic (exact) mass is 274 g/mol. The van der Waals surface area contributed by atoms with E-state index >= 15 is 0 Å². The first-order chi connectivity index (χ1) is 9.02. The molecule has 8 N–H and O–H groups in total. The molecule has 0 amide bonds. The van der Waals surface area contributed by atoms with E-state index in [9.17, 15) is 0 Å². The second-order valence-corrected chi connectivity index (χ2v) is 5.42. The molecule has 6 nitrogen and oxygen atoms in total. The number of nitrogens with one attached hydrogen (secondary N) is 4. The Hall–Kier alpha value is -0.240. The van der Waals surface area contributed by atoms with E-state index in [0.29, 0.717) is 6.04 Å². The minimum atomic E-state index is 0.216. The summed E-state index contributed by atoms with van der Waals surface area (Å²) in [6.07, 6.45) is 0. The van der Waals surface area contributed by atoms with Crippen LogP contribution in [-0.2, 0) is 0 Å². The van der Waals surface area contributed by atoms with Gasteiger partial charge in [-0.1, -0.05) is 0 Å². The summed E-state index contributed by atoms with van der Waals surface area (Å²) in [5, 5.41) is 13.5. The van der Waals surface area contributed by atoms with Crippen molar-refractivity contribution in [2.75, 3.05) is 45.8 Å². The normalized spacial score (nSPS) is 16.3. The lowest BCUT2D eigenvalue weighted by Gasteiger charge is -2.16. The zero-order valence-corrected chi connectivity index (χ0v) is 12.8. The van der Waals surface area contributed by atoms with Crippen LogP contribution in [-0.4, -0.2) is 63.9 Å². The smallest absolute Gasteiger partial charge is 0.0164 e. The Kier molecular flexibility index (Phi) is 12.6. The Morgan fingerprint density at radius 1 is 0.684 bits per heavy atom. The molecule has 19 heavy (non-hydrogen) atoms. The van der Waals surface area contributed by atoms with Gasteiger partial charge in [0.25, 0.3) is 0 Å². The van der Waals surface area contributed by atoms with Crippen molar-refractivity contribution in [3.05, 3.63) is 0 Å². The molecule has 0 aromatic rings. The van der Waals surface area contributed by atoms with Gasteiger partial charge in [-0.15, -0.1) is 0 Å². The average molecular weight is 274 g/mol. The van der Waals surface area contributed by atoms with E-state index in [4.69, 9.17) is 11.5 Å². The van der Waals surface area contributed by atoms with E-state index in [1.807, 2.05) is 13.8 Å². The molecule has 0 spiro atoms. The van der Waals surface area contributed by atoms with Gasteiger partial charge in [0.05, 0.1) is 0 Å². The minimum absolute atomic E-state index is 0.216. The molecule has 0 bridgehead atoms. The Balaban J connectivity index is 3.13. The first-order valence-electron chi connectivity index (χ1n) is 7.39. The van der Waals surface area contributed by atoms with Crippen LogP contribution in [0.2, 0.25) is 0 Å². The van der Waals surface area contributed by atoms with Crippen LogP contribution in [0, 0.1) is 0 Å². The highest BCUT2D eigenvalue weighted by Crippen LogP contribution is 1.79. The van der Waals surface area contributed by atoms with Crippen molar-refractivity contribution in [3.63, 3.8) is 0 Å². The zero-order chi connectivity index (χ0) is 14.5. The average Bonchev–Trinajstić information content (AvgIpc) is 2.34. The van der Waals surface area contributed by atoms with Gasteiger partial charge in [-0.25, -0.2) is 0 Å². The maximum Gasteiger partial charge on any atom is 0.0164 e. The highest BCUT2D eigenvalue weighted by Gasteiger charge is 2.01. The molecule has 0 aromatic carbocycles. The number of rotatable bonds is 13. The van der Waals surface area contributed by atoms with Crippen LogP contribution in [0.1, 0.15) is 20.8 Å². The van der Waals surface area contributed by atoms with Crippen LogP contribution in [0.25, 0.3) is 0 Å². The Morgan fingerprint density at radius 2 is 1.16 bits per heavy atom. The second-order valence-electron chi connectivity index (χ2n) is 5.42. The highest BCUT2D eigenvalue weighted by molar-refractivity contribution is 4.67. The fourth-order valence-corrected chi connectivity index (χ4v) is 1.59. The van der Waals surface area contributed by atoms with Crippen LogP contribution in [0.3, 0.4) is 0 Å². The highest BCUT2D eigenvalue weighted by atomic mass is 15.0. The molecule has 3 atom stereocenters. The van der Waals surface area contributed by atoms with Crippen LogP contribution < -0.4 is 32.7 Å². The van der Waals surface area contributed by atoms with Crippen LogP contribution in [0.5, 0.6) is 0 Å². The maximum atomic E-state index is 5.69. The fraction of sp³-hybridized carbons (Fsp3) is 1.00. The molecule has 0 heterocycles. The van der Waals surface area contributed by atoms with E-state index in [0.717, 1.165) is 45.8 Å². The molecular formula is C13H34N6. The summed E-state index contributed by atoms with van der Waals surface area (Å²) in [5.41, 5.74) is 11.3. The fourth-order valence-electron chi connectivity index (χ4n) is 1.59. The van der Waals surface area contributed by atoms with Crippen molar-refractivity contribution in [2.45, 2.75) is 38.9 Å². The second kappa shape index (κ2) is 12.8. The van der Waals surface area contributed by atoms with Gasteiger partial charge in [0.1, 0.15) is 0 Å². The van der Waals surface area contributed by atoms with E-state index in [1.54, 1.807) is 0 Å². The summed E-state index contributed by atoms with van der Waals surface area (Å²) >= 11 is 0. The van der Waals surface area contributed by atoms with Crippen molar-refractivity contribution in [3.8, 4) is 0 Å². The Labute approximate surface area is 118 Å². The third kappa shape index (κ3) is 15.7. The van der Waals surface area contributed by atoms with Crippen molar-refractivity contribution < 1.29 is 0 Å². The molecule has 116 valence electrons. The Morgan fingerprint density at radius 3 is 1.68 bits per heavy atom. The van der Waals surface area contributed by atoms with Crippen LogP contribution in [0.4, 0.5) is 0 Å². The zero-order valence-electron chi connectivity index (χ0n) is 12.8. The summed E-state index contributed by atoms with van der Waals surface area (Å²) in [4.78, 5) is 0. The molecule has 0 saturated carbocycles. The summed E-state index contributed by atoms with van der Waals surface area (Å²) < 4.78 is 0. The third-order valence-electron chi connectivity index (χ3n) is 2.66. The van der Waals surface area contributed by atoms with Crippen molar-refractivity contribution in [1.29, 1.82) is 0 Å². The van der Waals surface area contributed by atoms with Crippen LogP contribution >= 0.6 is 0 Å². The lowest BCUT2D eigenvalue weighted by atomic mass is 10.3. The molecule has 6 heteroatoms. The Bertz CT molecular complexity index is 186. The summed E-state index contributed by atoms with van der Waals surface area (Å²) in [6, 6.07) is 0.901. The van der Waals surface area contributed by atoms with Gasteiger partial charge in [-0.2, -0.15) is 0 Å². The number of hydrogen-bond acceptors (Lipinski definition) is 6. The van der Waals surface area contributed by atoms with Crippen molar-refractivity contribution >= 4 is 0 Å². The SMILES string of the molecule is CC(N)CNCCNCCNCC(C)NCC(C)N. The molecule has 3 unspecified atom stereocenters. The molecule has 0 saturated heterocycles. The molecule has 0 aliphatic rings. The van der Waals surface area contributed by atoms with Gasteiger partial charge < -0.3 is 32.7 Å². The molecule has 0 aromatic heterocycles. The topological polar surface area (TPSA) is 100 Å². The van der Waals surface area contributed by atoms with Gasteiger partial charge >= 0.3 is 0 Å². The summed E-state index contributed by atoms with van der Waals surface area (Å²) in [6.45, 7) is 12.8. The van der Waals surface area contributed by atoms with Crippen molar-refractivity contribution in [1.82, 2.24) is 21.3 Å². The summed E-state index contributed by atoms with van der Waals surface area (Å²) in [7, 11) is 0. The van der Waals surface area contributed by atoms with Gasteiger partial charge in [0.2, 0.25) is 0 Å². The van der Waals surface area contributed by atoms with Crippen molar-refractivity contribution in [2.24, 2.45) is 11.5 Å². The third-order valence-corrected chi connectivity index (χ3v) is 2.66. The van der Waals surface area contributed by atoms with Gasteiger partial charge in [-0.3, -0.25) is 0 Å². The lowest BCUT2D eigenvalue weighted by Crippen LogP contribution is -2.43. The summed E-state index contributed by atoms with van der Waals surface area (Å²) in [5.74, 6) is 0. The molecule has 0 fully saturated rings. The maximum absolute atomic E-state index is 5.69. The van der Waals surface area contributed by atoms with E-state index in [-0.39, 0.29) is 12.1 Å². The number of hydrogen-bond donors (Lipinski definition) is 6. The van der Waals surface area contributed by atoms with Gasteiger partial charge in [-0.05, 0) is 20.8 Å². The standard InChI is InChI=1S/C13H34N6/c1-11(14)8-17-6-4-16-5-7-18-10-13(3)19-9-12(2)15/h11-13,16-19H,4-10,14-15H2,1-3H3. The first-order valence-corrected chi connectivity index (χ1v) is 7.39. The molecule has 0 aliphatic heterocycles. The van der Waals surface area contributed by atoms with Crippen LogP contribution in [0.15, 0.2) is 0 Å². The number of nitrogens with two attached hydrogens (primary N) is 2. The van der Waals surface area contributed by atoms with E-state index < -0.39 is 0 Å². The largest absolute Gasteiger partial charge is 0.327 e. The predicted octanol–water partition coefficient (Wildman–Crippen LogP) is -1.57. The first kappa shape index (κ1) is 18.8. The van der Waals surface area contributed by atoms with Gasteiger partial charge in [0.15, 0.2) is 0 Å².